The SMILES string of the molecule is CNc1cc(C(=O)N(C)C(C)c2ccc(Cl)cc2)ccn1. The molecule has 4 nitrogen and oxygen atoms in total. The maximum absolute atomic E-state index is 12.5. The topological polar surface area (TPSA) is 45.2 Å². The smallest absolute Gasteiger partial charge is 0.254 e. The van der Waals surface area contributed by atoms with Gasteiger partial charge in [-0.1, -0.05) is 23.7 Å². The van der Waals surface area contributed by atoms with Crippen LogP contribution in [-0.2, 0) is 0 Å². The molecule has 1 N–H and O–H groups in total. The molecule has 2 rings (SSSR count). The summed E-state index contributed by atoms with van der Waals surface area (Å²) in [6.45, 7) is 1.99. The van der Waals surface area contributed by atoms with Crippen molar-refractivity contribution in [1.82, 2.24) is 9.88 Å². The standard InChI is InChI=1S/C16H18ClN3O/c1-11(12-4-6-14(17)7-5-12)20(3)16(21)13-8-9-19-15(10-13)18-2/h4-11H,1-3H3,(H,18,19). The maximum Gasteiger partial charge on any atom is 0.254 e. The van der Waals surface area contributed by atoms with Crippen molar-refractivity contribution in [3.05, 3.63) is 58.7 Å². The number of halogens is 1. The predicted octanol–water partition coefficient (Wildman–Crippen LogP) is 3.61. The first-order chi connectivity index (χ1) is 10.0. The fraction of sp³-hybridized carbons (Fsp3) is 0.250. The van der Waals surface area contributed by atoms with E-state index in [1.165, 1.54) is 0 Å². The first kappa shape index (κ1) is 15.3. The molecule has 5 heteroatoms. The van der Waals surface area contributed by atoms with Crippen LogP contribution in [0.1, 0.15) is 28.9 Å². The summed E-state index contributed by atoms with van der Waals surface area (Å²) in [7, 11) is 3.57. The third kappa shape index (κ3) is 3.52. The Balaban J connectivity index is 2.19. The quantitative estimate of drug-likeness (QED) is 0.938. The Labute approximate surface area is 129 Å². The zero-order valence-electron chi connectivity index (χ0n) is 12.3. The van der Waals surface area contributed by atoms with Crippen molar-refractivity contribution in [1.29, 1.82) is 0 Å². The van der Waals surface area contributed by atoms with Crippen molar-refractivity contribution < 1.29 is 4.79 Å². The lowest BCUT2D eigenvalue weighted by atomic mass is 10.1. The molecule has 0 saturated heterocycles. The molecule has 1 aromatic heterocycles. The molecular formula is C16H18ClN3O. The van der Waals surface area contributed by atoms with E-state index in [0.717, 1.165) is 5.56 Å². The monoisotopic (exact) mass is 303 g/mol. The van der Waals surface area contributed by atoms with Crippen LogP contribution in [0.4, 0.5) is 5.82 Å². The van der Waals surface area contributed by atoms with Gasteiger partial charge in [-0.25, -0.2) is 4.98 Å². The van der Waals surface area contributed by atoms with E-state index < -0.39 is 0 Å². The highest BCUT2D eigenvalue weighted by Crippen LogP contribution is 2.22. The number of nitrogens with zero attached hydrogens (tertiary/aromatic N) is 2. The number of carbonyl (C=O) groups excluding carboxylic acids is 1. The molecule has 0 radical (unpaired) electrons. The molecule has 1 heterocycles. The predicted molar refractivity (Wildman–Crippen MR) is 85.7 cm³/mol. The fourth-order valence-electron chi connectivity index (χ4n) is 2.04. The van der Waals surface area contributed by atoms with E-state index in [4.69, 9.17) is 11.6 Å². The van der Waals surface area contributed by atoms with Crippen molar-refractivity contribution >= 4 is 23.3 Å². The molecule has 21 heavy (non-hydrogen) atoms. The number of amides is 1. The third-order valence-corrected chi connectivity index (χ3v) is 3.77. The highest BCUT2D eigenvalue weighted by molar-refractivity contribution is 6.30. The minimum atomic E-state index is -0.0450. The molecule has 0 fully saturated rings. The summed E-state index contributed by atoms with van der Waals surface area (Å²) in [5.41, 5.74) is 1.65. The molecule has 0 bridgehead atoms. The molecule has 0 aliphatic carbocycles. The minimum absolute atomic E-state index is 0.0408. The summed E-state index contributed by atoms with van der Waals surface area (Å²) in [5, 5.41) is 3.62. The average Bonchev–Trinajstić information content (AvgIpc) is 2.53. The van der Waals surface area contributed by atoms with Crippen LogP contribution in [0.3, 0.4) is 0 Å². The molecule has 0 aliphatic rings. The molecule has 1 aromatic carbocycles. The Morgan fingerprint density at radius 2 is 1.95 bits per heavy atom. The summed E-state index contributed by atoms with van der Waals surface area (Å²) >= 11 is 5.89. The van der Waals surface area contributed by atoms with Crippen molar-refractivity contribution in [3.63, 3.8) is 0 Å². The third-order valence-electron chi connectivity index (χ3n) is 3.52. The Kier molecular flexibility index (Phi) is 4.81. The number of anilines is 1. The molecule has 0 spiro atoms. The van der Waals surface area contributed by atoms with Crippen LogP contribution in [0.15, 0.2) is 42.6 Å². The van der Waals surface area contributed by atoms with Gasteiger partial charge >= 0.3 is 0 Å². The molecule has 110 valence electrons. The number of aromatic nitrogens is 1. The normalized spacial score (nSPS) is 11.8. The number of benzene rings is 1. The Morgan fingerprint density at radius 3 is 2.57 bits per heavy atom. The van der Waals surface area contributed by atoms with Gasteiger partial charge in [0.25, 0.3) is 5.91 Å². The second-order valence-corrected chi connectivity index (χ2v) is 5.26. The highest BCUT2D eigenvalue weighted by Gasteiger charge is 2.19. The highest BCUT2D eigenvalue weighted by atomic mass is 35.5. The molecule has 1 atom stereocenters. The van der Waals surface area contributed by atoms with Gasteiger partial charge < -0.3 is 10.2 Å². The Hall–Kier alpha value is -2.07. The second kappa shape index (κ2) is 6.59. The van der Waals surface area contributed by atoms with E-state index in [0.29, 0.717) is 16.4 Å². The van der Waals surface area contributed by atoms with E-state index in [9.17, 15) is 4.79 Å². The van der Waals surface area contributed by atoms with Gasteiger partial charge in [0, 0.05) is 30.9 Å². The summed E-state index contributed by atoms with van der Waals surface area (Å²) in [5.74, 6) is 0.629. The van der Waals surface area contributed by atoms with Crippen LogP contribution in [0.2, 0.25) is 5.02 Å². The van der Waals surface area contributed by atoms with Gasteiger partial charge in [0.1, 0.15) is 5.82 Å². The van der Waals surface area contributed by atoms with Gasteiger partial charge in [0.15, 0.2) is 0 Å². The Morgan fingerprint density at radius 1 is 1.29 bits per heavy atom. The summed E-state index contributed by atoms with van der Waals surface area (Å²) in [4.78, 5) is 18.4. The fourth-order valence-corrected chi connectivity index (χ4v) is 2.17. The average molecular weight is 304 g/mol. The van der Waals surface area contributed by atoms with E-state index >= 15 is 0 Å². The minimum Gasteiger partial charge on any atom is -0.373 e. The van der Waals surface area contributed by atoms with Crippen LogP contribution in [-0.4, -0.2) is 29.9 Å². The van der Waals surface area contributed by atoms with Crippen LogP contribution in [0.5, 0.6) is 0 Å². The molecule has 1 amide bonds. The van der Waals surface area contributed by atoms with Gasteiger partial charge in [-0.2, -0.15) is 0 Å². The second-order valence-electron chi connectivity index (χ2n) is 4.82. The van der Waals surface area contributed by atoms with E-state index in [1.54, 1.807) is 37.3 Å². The van der Waals surface area contributed by atoms with Crippen molar-refractivity contribution in [2.45, 2.75) is 13.0 Å². The molecule has 1 unspecified atom stereocenters. The van der Waals surface area contributed by atoms with Crippen LogP contribution >= 0.6 is 11.6 Å². The van der Waals surface area contributed by atoms with Crippen LogP contribution < -0.4 is 5.32 Å². The first-order valence-electron chi connectivity index (χ1n) is 6.69. The molecular weight excluding hydrogens is 286 g/mol. The number of pyridine rings is 1. The van der Waals surface area contributed by atoms with E-state index in [2.05, 4.69) is 10.3 Å². The lowest BCUT2D eigenvalue weighted by molar-refractivity contribution is 0.0742. The largest absolute Gasteiger partial charge is 0.373 e. The number of nitrogens with one attached hydrogen (secondary N) is 1. The molecule has 0 saturated carbocycles. The maximum atomic E-state index is 12.5. The molecule has 0 aliphatic heterocycles. The summed E-state index contributed by atoms with van der Waals surface area (Å²) in [6, 6.07) is 10.9. The lowest BCUT2D eigenvalue weighted by Gasteiger charge is -2.25. The van der Waals surface area contributed by atoms with Crippen LogP contribution in [0.25, 0.3) is 0 Å². The van der Waals surface area contributed by atoms with Crippen molar-refractivity contribution in [2.24, 2.45) is 0 Å². The Bertz CT molecular complexity index is 628. The number of rotatable bonds is 4. The summed E-state index contributed by atoms with van der Waals surface area (Å²) < 4.78 is 0. The van der Waals surface area contributed by atoms with Crippen LogP contribution in [0, 0.1) is 0 Å². The zero-order chi connectivity index (χ0) is 15.4. The van der Waals surface area contributed by atoms with Gasteiger partial charge in [-0.05, 0) is 36.8 Å². The number of hydrogen-bond donors (Lipinski definition) is 1. The number of hydrogen-bond acceptors (Lipinski definition) is 3. The van der Waals surface area contributed by atoms with Gasteiger partial charge in [0.2, 0.25) is 0 Å². The first-order valence-corrected chi connectivity index (χ1v) is 7.07. The summed E-state index contributed by atoms with van der Waals surface area (Å²) in [6.07, 6.45) is 1.62. The zero-order valence-corrected chi connectivity index (χ0v) is 13.1. The molecule has 2 aromatic rings. The van der Waals surface area contributed by atoms with Gasteiger partial charge in [-0.15, -0.1) is 0 Å². The van der Waals surface area contributed by atoms with Crippen molar-refractivity contribution in [2.75, 3.05) is 19.4 Å². The van der Waals surface area contributed by atoms with Gasteiger partial charge in [-0.3, -0.25) is 4.79 Å². The van der Waals surface area contributed by atoms with Gasteiger partial charge in [0.05, 0.1) is 6.04 Å². The van der Waals surface area contributed by atoms with E-state index in [-0.39, 0.29) is 11.9 Å². The van der Waals surface area contributed by atoms with E-state index in [1.807, 2.05) is 31.2 Å². The number of carbonyl (C=O) groups is 1. The lowest BCUT2D eigenvalue weighted by Crippen LogP contribution is -2.29. The van der Waals surface area contributed by atoms with Crippen molar-refractivity contribution in [3.8, 4) is 0 Å².